The van der Waals surface area contributed by atoms with Gasteiger partial charge in [0.05, 0.1) is 17.3 Å². The molecule has 1 aliphatic rings. The molecule has 0 saturated heterocycles. The third-order valence-corrected chi connectivity index (χ3v) is 5.97. The van der Waals surface area contributed by atoms with Crippen LogP contribution in [0.15, 0.2) is 60.7 Å². The summed E-state index contributed by atoms with van der Waals surface area (Å²) in [6.45, 7) is 4.03. The van der Waals surface area contributed by atoms with Gasteiger partial charge in [-0.2, -0.15) is 22.0 Å². The highest BCUT2D eigenvalue weighted by atomic mass is 32.2. The maximum absolute atomic E-state index is 12.2. The van der Waals surface area contributed by atoms with Gasteiger partial charge in [-0.3, -0.25) is 4.79 Å². The quantitative estimate of drug-likeness (QED) is 0.419. The molecule has 0 aliphatic carbocycles. The van der Waals surface area contributed by atoms with E-state index >= 15 is 0 Å². The van der Waals surface area contributed by atoms with E-state index in [2.05, 4.69) is 21.7 Å². The maximum atomic E-state index is 12.2. The van der Waals surface area contributed by atoms with Crippen LogP contribution in [-0.4, -0.2) is 21.6 Å². The smallest absolute Gasteiger partial charge is 0.248 e. The molecule has 0 fully saturated rings. The second kappa shape index (κ2) is 10.9. The summed E-state index contributed by atoms with van der Waals surface area (Å²) in [5, 5.41) is 15.2. The van der Waals surface area contributed by atoms with E-state index in [9.17, 15) is 4.79 Å². The van der Waals surface area contributed by atoms with Gasteiger partial charge < -0.3 is 15.4 Å². The number of nitrogens with one attached hydrogen (secondary N) is 2. The molecule has 2 aromatic carbocycles. The first-order chi connectivity index (χ1) is 16.5. The van der Waals surface area contributed by atoms with Gasteiger partial charge in [0.1, 0.15) is 5.75 Å². The zero-order valence-corrected chi connectivity index (χ0v) is 19.9. The molecule has 3 aromatic rings. The Hall–Kier alpha value is -3.83. The second-order valence-corrected chi connectivity index (χ2v) is 9.23. The summed E-state index contributed by atoms with van der Waals surface area (Å²) >= 11 is 1.82. The molecule has 1 aromatic heterocycles. The van der Waals surface area contributed by atoms with E-state index in [1.165, 1.54) is 6.08 Å². The number of nitrogens with zero attached hydrogens (tertiary/aromatic N) is 3. The Morgan fingerprint density at radius 1 is 1.18 bits per heavy atom. The van der Waals surface area contributed by atoms with E-state index in [4.69, 9.17) is 15.0 Å². The van der Waals surface area contributed by atoms with Crippen LogP contribution in [0.5, 0.6) is 11.6 Å². The van der Waals surface area contributed by atoms with Crippen molar-refractivity contribution in [2.45, 2.75) is 26.0 Å². The number of thioether (sulfide) groups is 1. The third-order valence-electron chi connectivity index (χ3n) is 4.98. The highest BCUT2D eigenvalue weighted by Gasteiger charge is 2.20. The number of amides is 1. The minimum atomic E-state index is -0.187. The van der Waals surface area contributed by atoms with Crippen LogP contribution in [-0.2, 0) is 17.0 Å². The molecule has 1 aliphatic heterocycles. The van der Waals surface area contributed by atoms with E-state index in [1.807, 2.05) is 62.0 Å². The molecule has 0 atom stereocenters. The summed E-state index contributed by atoms with van der Waals surface area (Å²) in [6, 6.07) is 16.5. The summed E-state index contributed by atoms with van der Waals surface area (Å²) in [6.07, 6.45) is 4.21. The molecular formula is C26H25N5O2S. The maximum Gasteiger partial charge on any atom is 0.248 e. The number of carbonyl (C=O) groups excluding carboxylic acids is 1. The van der Waals surface area contributed by atoms with Gasteiger partial charge in [0.2, 0.25) is 17.7 Å². The number of anilines is 3. The molecule has 4 rings (SSSR count). The molecule has 0 saturated carbocycles. The van der Waals surface area contributed by atoms with Crippen LogP contribution in [0.2, 0.25) is 0 Å². The van der Waals surface area contributed by atoms with Crippen molar-refractivity contribution in [1.29, 1.82) is 5.26 Å². The van der Waals surface area contributed by atoms with Crippen LogP contribution in [0, 0.1) is 17.2 Å². The number of ether oxygens (including phenoxy) is 1. The molecule has 8 heteroatoms. The Bertz CT molecular complexity index is 1270. The van der Waals surface area contributed by atoms with Crippen LogP contribution in [0.4, 0.5) is 17.3 Å². The van der Waals surface area contributed by atoms with Crippen LogP contribution < -0.4 is 15.4 Å². The lowest BCUT2D eigenvalue weighted by atomic mass is 10.2. The fourth-order valence-electron chi connectivity index (χ4n) is 3.35. The second-order valence-electron chi connectivity index (χ2n) is 8.12. The standard InChI is InChI=1S/C26H25N5O2S/c1-17(2)9-10-24(32)28-20-7-4-8-21(14-20)33-25-22-16-34-12-11-23(22)30-26(31-25)29-19-6-3-5-18(13-19)15-27/h3-10,13-14,17H,11-12,16H2,1-2H3,(H,28,32)(H,29,30,31)/b10-9+. The Kier molecular flexibility index (Phi) is 7.45. The van der Waals surface area contributed by atoms with E-state index < -0.39 is 0 Å². The number of nitriles is 1. The predicted molar refractivity (Wildman–Crippen MR) is 135 cm³/mol. The Morgan fingerprint density at radius 2 is 2.00 bits per heavy atom. The van der Waals surface area contributed by atoms with Gasteiger partial charge in [-0.05, 0) is 54.5 Å². The van der Waals surface area contributed by atoms with E-state index in [0.717, 1.165) is 34.9 Å². The van der Waals surface area contributed by atoms with Crippen molar-refractivity contribution in [2.24, 2.45) is 5.92 Å². The van der Waals surface area contributed by atoms with Crippen LogP contribution in [0.3, 0.4) is 0 Å². The van der Waals surface area contributed by atoms with Crippen molar-refractivity contribution in [2.75, 3.05) is 16.4 Å². The normalized spacial score (nSPS) is 12.8. The van der Waals surface area contributed by atoms with Gasteiger partial charge in [0, 0.05) is 28.8 Å². The highest BCUT2D eigenvalue weighted by Crippen LogP contribution is 2.34. The minimum Gasteiger partial charge on any atom is -0.438 e. The molecule has 7 nitrogen and oxygen atoms in total. The molecule has 2 N–H and O–H groups in total. The molecule has 172 valence electrons. The number of allylic oxidation sites excluding steroid dienone is 1. The first kappa shape index (κ1) is 23.3. The minimum absolute atomic E-state index is 0.187. The monoisotopic (exact) mass is 471 g/mol. The van der Waals surface area contributed by atoms with Crippen LogP contribution in [0.25, 0.3) is 0 Å². The number of fused-ring (bicyclic) bond motifs is 1. The molecule has 34 heavy (non-hydrogen) atoms. The van der Waals surface area contributed by atoms with Crippen molar-refractivity contribution < 1.29 is 9.53 Å². The topological polar surface area (TPSA) is 99.9 Å². The summed E-state index contributed by atoms with van der Waals surface area (Å²) in [5.74, 6) is 3.34. The first-order valence-corrected chi connectivity index (χ1v) is 12.2. The summed E-state index contributed by atoms with van der Waals surface area (Å²) in [7, 11) is 0. The number of hydrogen-bond acceptors (Lipinski definition) is 7. The number of rotatable bonds is 7. The van der Waals surface area contributed by atoms with Crippen molar-refractivity contribution in [3.63, 3.8) is 0 Å². The number of hydrogen-bond donors (Lipinski definition) is 2. The molecular weight excluding hydrogens is 446 g/mol. The molecule has 1 amide bonds. The SMILES string of the molecule is CC(C)/C=C/C(=O)Nc1cccc(Oc2nc(Nc3cccc(C#N)c3)nc3c2CSCC3)c1. The first-order valence-electron chi connectivity index (χ1n) is 11.0. The van der Waals surface area contributed by atoms with Crippen molar-refractivity contribution >= 4 is 35.0 Å². The Labute approximate surface area is 203 Å². The summed E-state index contributed by atoms with van der Waals surface area (Å²) < 4.78 is 6.19. The Balaban J connectivity index is 1.58. The molecule has 0 bridgehead atoms. The van der Waals surface area contributed by atoms with Gasteiger partial charge in [-0.25, -0.2) is 4.98 Å². The van der Waals surface area contributed by atoms with Gasteiger partial charge in [-0.1, -0.05) is 32.1 Å². The lowest BCUT2D eigenvalue weighted by molar-refractivity contribution is -0.111. The zero-order chi connectivity index (χ0) is 23.9. The van der Waals surface area contributed by atoms with Gasteiger partial charge in [0.25, 0.3) is 0 Å². The number of carbonyl (C=O) groups is 1. The summed E-state index contributed by atoms with van der Waals surface area (Å²) in [5.41, 5.74) is 3.85. The number of benzene rings is 2. The van der Waals surface area contributed by atoms with Crippen molar-refractivity contribution in [3.8, 4) is 17.7 Å². The Morgan fingerprint density at radius 3 is 2.82 bits per heavy atom. The fraction of sp³-hybridized carbons (Fsp3) is 0.231. The van der Waals surface area contributed by atoms with E-state index in [-0.39, 0.29) is 5.91 Å². The number of aromatic nitrogens is 2. The van der Waals surface area contributed by atoms with E-state index in [0.29, 0.717) is 34.7 Å². The van der Waals surface area contributed by atoms with Gasteiger partial charge in [-0.15, -0.1) is 0 Å². The van der Waals surface area contributed by atoms with Crippen LogP contribution in [0.1, 0.15) is 30.7 Å². The van der Waals surface area contributed by atoms with Crippen molar-refractivity contribution in [1.82, 2.24) is 9.97 Å². The van der Waals surface area contributed by atoms with Gasteiger partial charge >= 0.3 is 0 Å². The van der Waals surface area contributed by atoms with Crippen molar-refractivity contribution in [3.05, 3.63) is 77.5 Å². The summed E-state index contributed by atoms with van der Waals surface area (Å²) in [4.78, 5) is 21.5. The average Bonchev–Trinajstić information content (AvgIpc) is 2.83. The van der Waals surface area contributed by atoms with E-state index in [1.54, 1.807) is 18.2 Å². The molecule has 0 spiro atoms. The number of aryl methyl sites for hydroxylation is 1. The largest absolute Gasteiger partial charge is 0.438 e. The van der Waals surface area contributed by atoms with Gasteiger partial charge in [0.15, 0.2) is 0 Å². The fourth-order valence-corrected chi connectivity index (χ4v) is 4.33. The predicted octanol–water partition coefficient (Wildman–Crippen LogP) is 5.82. The molecule has 2 heterocycles. The zero-order valence-electron chi connectivity index (χ0n) is 19.0. The molecule has 0 radical (unpaired) electrons. The lowest BCUT2D eigenvalue weighted by Gasteiger charge is -2.19. The lowest BCUT2D eigenvalue weighted by Crippen LogP contribution is -2.11. The highest BCUT2D eigenvalue weighted by molar-refractivity contribution is 7.98. The molecule has 0 unspecified atom stereocenters. The average molecular weight is 472 g/mol. The van der Waals surface area contributed by atoms with Crippen LogP contribution >= 0.6 is 11.8 Å². The third kappa shape index (κ3) is 6.15.